The molecule has 0 saturated heterocycles. The SMILES string of the molecule is CC(C)C(N)CNc1ccccc1. The number of hydrogen-bond donors (Lipinski definition) is 2. The van der Waals surface area contributed by atoms with Crippen molar-refractivity contribution in [3.05, 3.63) is 30.3 Å². The van der Waals surface area contributed by atoms with Gasteiger partial charge >= 0.3 is 0 Å². The second-order valence-corrected chi connectivity index (χ2v) is 3.65. The lowest BCUT2D eigenvalue weighted by molar-refractivity contribution is 0.511. The minimum absolute atomic E-state index is 0.222. The van der Waals surface area contributed by atoms with Crippen molar-refractivity contribution in [2.45, 2.75) is 19.9 Å². The van der Waals surface area contributed by atoms with Gasteiger partial charge in [-0.05, 0) is 18.1 Å². The number of hydrogen-bond acceptors (Lipinski definition) is 2. The summed E-state index contributed by atoms with van der Waals surface area (Å²) in [6.45, 7) is 5.11. The van der Waals surface area contributed by atoms with Gasteiger partial charge in [0.15, 0.2) is 0 Å². The van der Waals surface area contributed by atoms with E-state index in [1.165, 1.54) is 0 Å². The molecule has 0 radical (unpaired) electrons. The lowest BCUT2D eigenvalue weighted by Gasteiger charge is -2.16. The quantitative estimate of drug-likeness (QED) is 0.740. The van der Waals surface area contributed by atoms with E-state index in [0.717, 1.165) is 12.2 Å². The summed E-state index contributed by atoms with van der Waals surface area (Å²) >= 11 is 0. The summed E-state index contributed by atoms with van der Waals surface area (Å²) in [7, 11) is 0. The average molecular weight is 178 g/mol. The summed E-state index contributed by atoms with van der Waals surface area (Å²) in [5.41, 5.74) is 7.04. The molecule has 13 heavy (non-hydrogen) atoms. The molecular formula is C11H18N2. The third-order valence-electron chi connectivity index (χ3n) is 2.17. The standard InChI is InChI=1S/C11H18N2/c1-9(2)11(12)8-13-10-6-4-3-5-7-10/h3-7,9,11,13H,8,12H2,1-2H3. The number of rotatable bonds is 4. The van der Waals surface area contributed by atoms with Crippen LogP contribution >= 0.6 is 0 Å². The molecule has 0 aliphatic carbocycles. The van der Waals surface area contributed by atoms with E-state index in [2.05, 4.69) is 19.2 Å². The largest absolute Gasteiger partial charge is 0.383 e. The highest BCUT2D eigenvalue weighted by atomic mass is 14.9. The van der Waals surface area contributed by atoms with E-state index in [4.69, 9.17) is 5.73 Å². The molecule has 0 bridgehead atoms. The summed E-state index contributed by atoms with van der Waals surface area (Å²) in [5.74, 6) is 0.524. The average Bonchev–Trinajstić information content (AvgIpc) is 2.15. The zero-order valence-electron chi connectivity index (χ0n) is 8.33. The van der Waals surface area contributed by atoms with Crippen molar-refractivity contribution in [1.29, 1.82) is 0 Å². The number of benzene rings is 1. The van der Waals surface area contributed by atoms with Crippen molar-refractivity contribution in [2.24, 2.45) is 11.7 Å². The number of nitrogens with one attached hydrogen (secondary N) is 1. The van der Waals surface area contributed by atoms with E-state index >= 15 is 0 Å². The fourth-order valence-electron chi connectivity index (χ4n) is 1.03. The van der Waals surface area contributed by atoms with Crippen LogP contribution in [0.15, 0.2) is 30.3 Å². The maximum Gasteiger partial charge on any atom is 0.0340 e. The Morgan fingerprint density at radius 3 is 2.38 bits per heavy atom. The van der Waals surface area contributed by atoms with Crippen molar-refractivity contribution < 1.29 is 0 Å². The third kappa shape index (κ3) is 3.47. The Morgan fingerprint density at radius 2 is 1.85 bits per heavy atom. The molecule has 1 rings (SSSR count). The monoisotopic (exact) mass is 178 g/mol. The number of anilines is 1. The Hall–Kier alpha value is -1.02. The minimum Gasteiger partial charge on any atom is -0.383 e. The Morgan fingerprint density at radius 1 is 1.23 bits per heavy atom. The first-order chi connectivity index (χ1) is 6.20. The van der Waals surface area contributed by atoms with Gasteiger partial charge in [-0.1, -0.05) is 32.0 Å². The van der Waals surface area contributed by atoms with E-state index in [-0.39, 0.29) is 6.04 Å². The van der Waals surface area contributed by atoms with Crippen LogP contribution in [0.4, 0.5) is 5.69 Å². The van der Waals surface area contributed by atoms with Crippen LogP contribution in [0.25, 0.3) is 0 Å². The Balaban J connectivity index is 2.35. The van der Waals surface area contributed by atoms with Crippen molar-refractivity contribution in [3.63, 3.8) is 0 Å². The topological polar surface area (TPSA) is 38.0 Å². The lowest BCUT2D eigenvalue weighted by atomic mass is 10.1. The van der Waals surface area contributed by atoms with E-state index in [1.54, 1.807) is 0 Å². The molecule has 0 fully saturated rings. The van der Waals surface area contributed by atoms with Gasteiger partial charge in [-0.3, -0.25) is 0 Å². The second kappa shape index (κ2) is 4.87. The van der Waals surface area contributed by atoms with Crippen LogP contribution in [0.3, 0.4) is 0 Å². The van der Waals surface area contributed by atoms with Crippen LogP contribution < -0.4 is 11.1 Å². The highest BCUT2D eigenvalue weighted by Crippen LogP contribution is 2.06. The molecule has 0 heterocycles. The summed E-state index contributed by atoms with van der Waals surface area (Å²) in [4.78, 5) is 0. The van der Waals surface area contributed by atoms with Gasteiger partial charge in [0.25, 0.3) is 0 Å². The first kappa shape index (κ1) is 10.1. The maximum absolute atomic E-state index is 5.90. The molecule has 0 aliphatic rings. The molecule has 3 N–H and O–H groups in total. The molecular weight excluding hydrogens is 160 g/mol. The van der Waals surface area contributed by atoms with Gasteiger partial charge in [0.1, 0.15) is 0 Å². The predicted octanol–water partition coefficient (Wildman–Crippen LogP) is 2.08. The molecule has 2 nitrogen and oxygen atoms in total. The molecule has 1 aromatic rings. The maximum atomic E-state index is 5.90. The molecule has 1 atom stereocenters. The third-order valence-corrected chi connectivity index (χ3v) is 2.17. The molecule has 0 amide bonds. The highest BCUT2D eigenvalue weighted by Gasteiger charge is 2.05. The minimum atomic E-state index is 0.222. The van der Waals surface area contributed by atoms with Gasteiger partial charge in [-0.2, -0.15) is 0 Å². The van der Waals surface area contributed by atoms with Crippen LogP contribution in [-0.2, 0) is 0 Å². The van der Waals surface area contributed by atoms with Gasteiger partial charge in [0.05, 0.1) is 0 Å². The molecule has 0 aromatic heterocycles. The van der Waals surface area contributed by atoms with Gasteiger partial charge in [0, 0.05) is 18.3 Å². The van der Waals surface area contributed by atoms with Gasteiger partial charge < -0.3 is 11.1 Å². The fraction of sp³-hybridized carbons (Fsp3) is 0.455. The van der Waals surface area contributed by atoms with E-state index in [1.807, 2.05) is 30.3 Å². The smallest absolute Gasteiger partial charge is 0.0340 e. The molecule has 0 saturated carbocycles. The van der Waals surface area contributed by atoms with Crippen LogP contribution in [0.1, 0.15) is 13.8 Å². The van der Waals surface area contributed by atoms with E-state index in [0.29, 0.717) is 5.92 Å². The van der Waals surface area contributed by atoms with Crippen LogP contribution in [0.5, 0.6) is 0 Å². The Labute approximate surface area is 80.1 Å². The zero-order chi connectivity index (χ0) is 9.68. The van der Waals surface area contributed by atoms with Crippen LogP contribution in [-0.4, -0.2) is 12.6 Å². The first-order valence-corrected chi connectivity index (χ1v) is 4.74. The van der Waals surface area contributed by atoms with Crippen molar-refractivity contribution >= 4 is 5.69 Å². The lowest BCUT2D eigenvalue weighted by Crippen LogP contribution is -2.33. The van der Waals surface area contributed by atoms with Gasteiger partial charge in [0.2, 0.25) is 0 Å². The number of para-hydroxylation sites is 1. The van der Waals surface area contributed by atoms with E-state index < -0.39 is 0 Å². The van der Waals surface area contributed by atoms with Crippen molar-refractivity contribution in [2.75, 3.05) is 11.9 Å². The molecule has 2 heteroatoms. The molecule has 1 aromatic carbocycles. The molecule has 0 aliphatic heterocycles. The Bertz CT molecular complexity index is 231. The summed E-state index contributed by atoms with van der Waals surface area (Å²) in [6, 6.07) is 10.4. The summed E-state index contributed by atoms with van der Waals surface area (Å²) in [6.07, 6.45) is 0. The van der Waals surface area contributed by atoms with Gasteiger partial charge in [-0.15, -0.1) is 0 Å². The highest BCUT2D eigenvalue weighted by molar-refractivity contribution is 5.42. The zero-order valence-corrected chi connectivity index (χ0v) is 8.33. The van der Waals surface area contributed by atoms with E-state index in [9.17, 15) is 0 Å². The Kier molecular flexibility index (Phi) is 3.77. The van der Waals surface area contributed by atoms with Crippen molar-refractivity contribution in [1.82, 2.24) is 0 Å². The van der Waals surface area contributed by atoms with Crippen molar-refractivity contribution in [3.8, 4) is 0 Å². The number of nitrogens with two attached hydrogens (primary N) is 1. The molecule has 1 unspecified atom stereocenters. The fourth-order valence-corrected chi connectivity index (χ4v) is 1.03. The molecule has 0 spiro atoms. The summed E-state index contributed by atoms with van der Waals surface area (Å²) in [5, 5.41) is 3.30. The van der Waals surface area contributed by atoms with Crippen LogP contribution in [0, 0.1) is 5.92 Å². The second-order valence-electron chi connectivity index (χ2n) is 3.65. The summed E-state index contributed by atoms with van der Waals surface area (Å²) < 4.78 is 0. The normalized spacial score (nSPS) is 12.9. The predicted molar refractivity (Wildman–Crippen MR) is 57.7 cm³/mol. The van der Waals surface area contributed by atoms with Crippen LogP contribution in [0.2, 0.25) is 0 Å². The first-order valence-electron chi connectivity index (χ1n) is 4.74. The van der Waals surface area contributed by atoms with Gasteiger partial charge in [-0.25, -0.2) is 0 Å². The molecule has 72 valence electrons.